The Morgan fingerprint density at radius 3 is 2.93 bits per heavy atom. The molecule has 0 aromatic heterocycles. The van der Waals surface area contributed by atoms with Crippen molar-refractivity contribution in [3.05, 3.63) is 29.3 Å². The van der Waals surface area contributed by atoms with E-state index >= 15 is 0 Å². The number of hydrogen-bond acceptors (Lipinski definition) is 3. The third kappa shape index (κ3) is 3.54. The highest BCUT2D eigenvalue weighted by molar-refractivity contribution is 6.30. The zero-order valence-corrected chi connectivity index (χ0v) is 8.79. The van der Waals surface area contributed by atoms with Gasteiger partial charge in [0, 0.05) is 5.02 Å². The van der Waals surface area contributed by atoms with E-state index in [1.165, 1.54) is 0 Å². The van der Waals surface area contributed by atoms with E-state index in [0.29, 0.717) is 17.4 Å². The van der Waals surface area contributed by atoms with Crippen molar-refractivity contribution in [2.24, 2.45) is 0 Å². The Morgan fingerprint density at radius 2 is 2.36 bits per heavy atom. The minimum absolute atomic E-state index is 0.0472. The number of benzene rings is 1. The molecule has 3 nitrogen and oxygen atoms in total. The molecule has 0 aliphatic rings. The number of likely N-dealkylation sites (N-methyl/N-ethyl adjacent to an activating group) is 1. The highest BCUT2D eigenvalue weighted by atomic mass is 35.5. The Morgan fingerprint density at radius 1 is 1.57 bits per heavy atom. The second-order valence-electron chi connectivity index (χ2n) is 2.94. The van der Waals surface area contributed by atoms with Gasteiger partial charge in [0.2, 0.25) is 0 Å². The summed E-state index contributed by atoms with van der Waals surface area (Å²) in [5, 5.41) is 12.5. The first-order chi connectivity index (χ1) is 6.76. The van der Waals surface area contributed by atoms with Gasteiger partial charge >= 0.3 is 0 Å². The van der Waals surface area contributed by atoms with Crippen molar-refractivity contribution in [1.82, 2.24) is 5.32 Å². The van der Waals surface area contributed by atoms with Gasteiger partial charge in [0.25, 0.3) is 0 Å². The standard InChI is InChI=1S/C10H14ClNO2/c1-12-9(6-13)7-14-10-4-2-3-8(11)5-10/h2-5,9,12-13H,6-7H2,1H3. The highest BCUT2D eigenvalue weighted by Gasteiger charge is 2.04. The molecule has 0 bridgehead atoms. The number of rotatable bonds is 5. The van der Waals surface area contributed by atoms with Crippen LogP contribution in [0.2, 0.25) is 5.02 Å². The molecule has 1 atom stereocenters. The third-order valence-electron chi connectivity index (χ3n) is 1.88. The van der Waals surface area contributed by atoms with Crippen molar-refractivity contribution in [2.75, 3.05) is 20.3 Å². The smallest absolute Gasteiger partial charge is 0.120 e. The van der Waals surface area contributed by atoms with Gasteiger partial charge in [0.1, 0.15) is 12.4 Å². The summed E-state index contributed by atoms with van der Waals surface area (Å²) in [5.41, 5.74) is 0. The lowest BCUT2D eigenvalue weighted by Crippen LogP contribution is -2.34. The molecule has 0 radical (unpaired) electrons. The Hall–Kier alpha value is -0.770. The van der Waals surface area contributed by atoms with Crippen molar-refractivity contribution < 1.29 is 9.84 Å². The second-order valence-corrected chi connectivity index (χ2v) is 3.37. The van der Waals surface area contributed by atoms with Gasteiger partial charge in [-0.15, -0.1) is 0 Å². The van der Waals surface area contributed by atoms with Crippen LogP contribution in [0.1, 0.15) is 0 Å². The van der Waals surface area contributed by atoms with Crippen molar-refractivity contribution >= 4 is 11.6 Å². The maximum atomic E-state index is 8.89. The van der Waals surface area contributed by atoms with Crippen LogP contribution in [0.3, 0.4) is 0 Å². The molecule has 0 aliphatic heterocycles. The molecule has 0 saturated heterocycles. The van der Waals surface area contributed by atoms with Crippen LogP contribution < -0.4 is 10.1 Å². The second kappa shape index (κ2) is 5.86. The zero-order chi connectivity index (χ0) is 10.4. The Labute approximate surface area is 88.7 Å². The molecule has 0 spiro atoms. The molecule has 14 heavy (non-hydrogen) atoms. The molecule has 1 aromatic rings. The molecule has 1 unspecified atom stereocenters. The minimum atomic E-state index is -0.0472. The number of ether oxygens (including phenoxy) is 1. The van der Waals surface area contributed by atoms with Crippen LogP contribution in [-0.4, -0.2) is 31.4 Å². The molecule has 2 N–H and O–H groups in total. The maximum Gasteiger partial charge on any atom is 0.120 e. The van der Waals surface area contributed by atoms with Gasteiger partial charge in [0.05, 0.1) is 12.6 Å². The van der Waals surface area contributed by atoms with Gasteiger partial charge in [-0.1, -0.05) is 17.7 Å². The summed E-state index contributed by atoms with van der Waals surface area (Å²) >= 11 is 5.78. The number of aliphatic hydroxyl groups is 1. The normalized spacial score (nSPS) is 12.5. The summed E-state index contributed by atoms with van der Waals surface area (Å²) in [6.45, 7) is 0.477. The van der Waals surface area contributed by atoms with Gasteiger partial charge in [0.15, 0.2) is 0 Å². The van der Waals surface area contributed by atoms with Crippen molar-refractivity contribution in [3.63, 3.8) is 0 Å². The first kappa shape index (κ1) is 11.3. The molecule has 1 rings (SSSR count). The van der Waals surface area contributed by atoms with Gasteiger partial charge in [-0.05, 0) is 25.2 Å². The predicted molar refractivity (Wildman–Crippen MR) is 56.9 cm³/mol. The minimum Gasteiger partial charge on any atom is -0.492 e. The molecular formula is C10H14ClNO2. The van der Waals surface area contributed by atoms with Crippen molar-refractivity contribution in [2.45, 2.75) is 6.04 Å². The largest absolute Gasteiger partial charge is 0.492 e. The van der Waals surface area contributed by atoms with Gasteiger partial charge in [-0.25, -0.2) is 0 Å². The number of hydrogen-bond donors (Lipinski definition) is 2. The summed E-state index contributed by atoms with van der Waals surface area (Å²) in [7, 11) is 1.78. The van der Waals surface area contributed by atoms with E-state index in [1.54, 1.807) is 19.2 Å². The van der Waals surface area contributed by atoms with Crippen LogP contribution in [0, 0.1) is 0 Å². The molecule has 0 fully saturated rings. The van der Waals surface area contributed by atoms with Crippen molar-refractivity contribution in [3.8, 4) is 5.75 Å². The van der Waals surface area contributed by atoms with Gasteiger partial charge in [-0.3, -0.25) is 0 Å². The van der Waals surface area contributed by atoms with E-state index in [0.717, 1.165) is 0 Å². The van der Waals surface area contributed by atoms with Gasteiger partial charge < -0.3 is 15.2 Å². The Kier molecular flexibility index (Phi) is 4.73. The fourth-order valence-corrected chi connectivity index (χ4v) is 1.16. The predicted octanol–water partition coefficient (Wildman–Crippen LogP) is 1.30. The van der Waals surface area contributed by atoms with Gasteiger partial charge in [-0.2, -0.15) is 0 Å². The number of aliphatic hydroxyl groups excluding tert-OH is 1. The highest BCUT2D eigenvalue weighted by Crippen LogP contribution is 2.16. The van der Waals surface area contributed by atoms with E-state index in [-0.39, 0.29) is 12.6 Å². The molecule has 0 aliphatic carbocycles. The van der Waals surface area contributed by atoms with Crippen LogP contribution >= 0.6 is 11.6 Å². The fourth-order valence-electron chi connectivity index (χ4n) is 0.981. The molecule has 0 saturated carbocycles. The van der Waals surface area contributed by atoms with Crippen LogP contribution in [0.5, 0.6) is 5.75 Å². The quantitative estimate of drug-likeness (QED) is 0.778. The van der Waals surface area contributed by atoms with Crippen LogP contribution in [0.15, 0.2) is 24.3 Å². The van der Waals surface area contributed by atoms with E-state index in [9.17, 15) is 0 Å². The Bertz CT molecular complexity index is 277. The molecule has 0 heterocycles. The van der Waals surface area contributed by atoms with Crippen LogP contribution in [-0.2, 0) is 0 Å². The van der Waals surface area contributed by atoms with Crippen LogP contribution in [0.4, 0.5) is 0 Å². The summed E-state index contributed by atoms with van der Waals surface area (Å²) in [6.07, 6.45) is 0. The monoisotopic (exact) mass is 215 g/mol. The molecule has 4 heteroatoms. The van der Waals surface area contributed by atoms with Crippen molar-refractivity contribution in [1.29, 1.82) is 0 Å². The lowest BCUT2D eigenvalue weighted by atomic mass is 10.3. The summed E-state index contributed by atoms with van der Waals surface area (Å²) in [6, 6.07) is 7.14. The zero-order valence-electron chi connectivity index (χ0n) is 8.03. The lowest BCUT2D eigenvalue weighted by Gasteiger charge is -2.14. The Balaban J connectivity index is 2.44. The first-order valence-electron chi connectivity index (χ1n) is 4.42. The average molecular weight is 216 g/mol. The molecule has 1 aromatic carbocycles. The molecule has 0 amide bonds. The fraction of sp³-hybridized carbons (Fsp3) is 0.400. The van der Waals surface area contributed by atoms with E-state index < -0.39 is 0 Å². The number of halogens is 1. The summed E-state index contributed by atoms with van der Waals surface area (Å²) in [5.74, 6) is 0.714. The summed E-state index contributed by atoms with van der Waals surface area (Å²) < 4.78 is 5.42. The lowest BCUT2D eigenvalue weighted by molar-refractivity contribution is 0.189. The first-order valence-corrected chi connectivity index (χ1v) is 4.80. The molecular weight excluding hydrogens is 202 g/mol. The average Bonchev–Trinajstić information content (AvgIpc) is 2.19. The maximum absolute atomic E-state index is 8.89. The molecule has 78 valence electrons. The number of nitrogens with one attached hydrogen (secondary N) is 1. The van der Waals surface area contributed by atoms with E-state index in [1.807, 2.05) is 12.1 Å². The van der Waals surface area contributed by atoms with E-state index in [2.05, 4.69) is 5.32 Å². The summed E-state index contributed by atoms with van der Waals surface area (Å²) in [4.78, 5) is 0. The topological polar surface area (TPSA) is 41.5 Å². The third-order valence-corrected chi connectivity index (χ3v) is 2.11. The van der Waals surface area contributed by atoms with E-state index in [4.69, 9.17) is 21.4 Å². The van der Waals surface area contributed by atoms with Crippen LogP contribution in [0.25, 0.3) is 0 Å². The SMILES string of the molecule is CNC(CO)COc1cccc(Cl)c1.